The minimum atomic E-state index is -1.30. The molecule has 0 fully saturated rings. The third kappa shape index (κ3) is 4.30. The molecule has 0 spiro atoms. The molecule has 0 bridgehead atoms. The number of carbonyl (C=O) groups excluding carboxylic acids is 3. The van der Waals surface area contributed by atoms with Crippen LogP contribution in [0.1, 0.15) is 43.6 Å². The normalized spacial score (nSPS) is 17.4. The van der Waals surface area contributed by atoms with Crippen molar-refractivity contribution in [1.29, 1.82) is 0 Å². The largest absolute Gasteiger partial charge is 0.507 e. The number of nitro benzene ring substituents is 1. The number of phenols is 1. The van der Waals surface area contributed by atoms with Crippen LogP contribution >= 0.6 is 11.8 Å². The highest BCUT2D eigenvalue weighted by molar-refractivity contribution is 8.06. The van der Waals surface area contributed by atoms with Gasteiger partial charge in [-0.15, -0.1) is 0 Å². The van der Waals surface area contributed by atoms with Crippen LogP contribution in [0, 0.1) is 17.0 Å². The van der Waals surface area contributed by atoms with Crippen LogP contribution in [0.25, 0.3) is 0 Å². The molecule has 1 atom stereocenters. The summed E-state index contributed by atoms with van der Waals surface area (Å²) in [4.78, 5) is 52.9. The van der Waals surface area contributed by atoms with Crippen molar-refractivity contribution in [3.8, 4) is 5.75 Å². The van der Waals surface area contributed by atoms with E-state index in [1.807, 2.05) is 6.92 Å². The standard InChI is InChI=1S/C23H24N2O8S/c1-6-32-22(28)19-15(21(27)14-9-16(25(30)31)11(3)8-17(14)26)10-18-24(12(4)13(5)34-18)20(19)23(29)33-7-2/h8-10,20,26H,6-7H2,1-5H3. The summed E-state index contributed by atoms with van der Waals surface area (Å²) in [5, 5.41) is 22.4. The Morgan fingerprint density at radius 3 is 2.38 bits per heavy atom. The number of hydrogen-bond donors (Lipinski definition) is 1. The molecule has 3 rings (SSSR count). The van der Waals surface area contributed by atoms with Crippen LogP contribution in [0.2, 0.25) is 0 Å². The Hall–Kier alpha value is -3.60. The Bertz CT molecular complexity index is 1200. The molecule has 11 heteroatoms. The number of esters is 2. The maximum Gasteiger partial charge on any atom is 0.337 e. The van der Waals surface area contributed by atoms with E-state index in [0.29, 0.717) is 10.7 Å². The fraction of sp³-hybridized carbons (Fsp3) is 0.348. The third-order valence-electron chi connectivity index (χ3n) is 5.46. The zero-order chi connectivity index (χ0) is 25.3. The Labute approximate surface area is 200 Å². The fourth-order valence-corrected chi connectivity index (χ4v) is 4.86. The van der Waals surface area contributed by atoms with Crippen molar-refractivity contribution in [3.05, 3.63) is 66.2 Å². The predicted octanol–water partition coefficient (Wildman–Crippen LogP) is 3.74. The molecule has 180 valence electrons. The summed E-state index contributed by atoms with van der Waals surface area (Å²) >= 11 is 1.30. The van der Waals surface area contributed by atoms with E-state index >= 15 is 0 Å². The molecule has 1 unspecified atom stereocenters. The van der Waals surface area contributed by atoms with E-state index in [4.69, 9.17) is 9.47 Å². The van der Waals surface area contributed by atoms with Gasteiger partial charge in [-0.05, 0) is 46.8 Å². The summed E-state index contributed by atoms with van der Waals surface area (Å²) in [6.45, 7) is 8.27. The van der Waals surface area contributed by atoms with E-state index < -0.39 is 34.4 Å². The Kier molecular flexibility index (Phi) is 7.15. The van der Waals surface area contributed by atoms with Crippen LogP contribution in [-0.4, -0.2) is 51.9 Å². The van der Waals surface area contributed by atoms with Gasteiger partial charge in [0.25, 0.3) is 5.69 Å². The van der Waals surface area contributed by atoms with E-state index in [2.05, 4.69) is 0 Å². The average Bonchev–Trinajstić information content (AvgIpc) is 3.05. The molecule has 0 radical (unpaired) electrons. The molecule has 34 heavy (non-hydrogen) atoms. The molecule has 0 saturated carbocycles. The number of hydrogen-bond acceptors (Lipinski definition) is 10. The van der Waals surface area contributed by atoms with E-state index in [-0.39, 0.29) is 41.2 Å². The summed E-state index contributed by atoms with van der Waals surface area (Å²) in [5.74, 6) is -2.99. The SMILES string of the molecule is CCOC(=O)C1=C(C(=O)c2cc([N+](=O)[O-])c(C)cc2O)C=C2SC(C)=C(C)N2C1C(=O)OCC. The average molecular weight is 489 g/mol. The van der Waals surface area contributed by atoms with Crippen molar-refractivity contribution in [2.24, 2.45) is 0 Å². The summed E-state index contributed by atoms with van der Waals surface area (Å²) in [6.07, 6.45) is 1.43. The number of allylic oxidation sites excluding steroid dienone is 4. The van der Waals surface area contributed by atoms with Gasteiger partial charge in [-0.1, -0.05) is 11.8 Å². The summed E-state index contributed by atoms with van der Waals surface area (Å²) in [5.41, 5.74) is -0.326. The molecule has 0 aliphatic carbocycles. The van der Waals surface area contributed by atoms with Gasteiger partial charge >= 0.3 is 11.9 Å². The van der Waals surface area contributed by atoms with Gasteiger partial charge in [-0.3, -0.25) is 14.9 Å². The number of benzene rings is 1. The predicted molar refractivity (Wildman–Crippen MR) is 124 cm³/mol. The first kappa shape index (κ1) is 25.0. The number of ketones is 1. The molecule has 0 amide bonds. The van der Waals surface area contributed by atoms with E-state index in [9.17, 15) is 29.6 Å². The number of nitro groups is 1. The first-order valence-electron chi connectivity index (χ1n) is 10.5. The van der Waals surface area contributed by atoms with Crippen molar-refractivity contribution in [3.63, 3.8) is 0 Å². The summed E-state index contributed by atoms with van der Waals surface area (Å²) in [6, 6.07) is 0.774. The Morgan fingerprint density at radius 1 is 1.15 bits per heavy atom. The van der Waals surface area contributed by atoms with Crippen LogP contribution in [0.4, 0.5) is 5.69 Å². The third-order valence-corrected chi connectivity index (χ3v) is 6.59. The smallest absolute Gasteiger partial charge is 0.337 e. The molecule has 1 aromatic carbocycles. The van der Waals surface area contributed by atoms with E-state index in [1.54, 1.807) is 25.7 Å². The number of fused-ring (bicyclic) bond motifs is 1. The fourth-order valence-electron chi connectivity index (χ4n) is 3.78. The van der Waals surface area contributed by atoms with Gasteiger partial charge in [0.15, 0.2) is 11.8 Å². The van der Waals surface area contributed by atoms with E-state index in [0.717, 1.165) is 17.0 Å². The molecule has 2 aliphatic heterocycles. The molecule has 0 aromatic heterocycles. The van der Waals surface area contributed by atoms with Crippen molar-refractivity contribution in [2.45, 2.75) is 40.7 Å². The highest BCUT2D eigenvalue weighted by Gasteiger charge is 2.46. The van der Waals surface area contributed by atoms with Gasteiger partial charge in [-0.2, -0.15) is 0 Å². The second-order valence-corrected chi connectivity index (χ2v) is 8.78. The molecule has 2 aliphatic rings. The minimum Gasteiger partial charge on any atom is -0.507 e. The Morgan fingerprint density at radius 2 is 1.79 bits per heavy atom. The number of thioether (sulfide) groups is 1. The van der Waals surface area contributed by atoms with Crippen LogP contribution in [0.15, 0.2) is 45.0 Å². The summed E-state index contributed by atoms with van der Waals surface area (Å²) < 4.78 is 10.4. The maximum absolute atomic E-state index is 13.6. The number of carbonyl (C=O) groups is 3. The second kappa shape index (κ2) is 9.72. The van der Waals surface area contributed by atoms with Crippen molar-refractivity contribution < 1.29 is 33.9 Å². The zero-order valence-electron chi connectivity index (χ0n) is 19.3. The van der Waals surface area contributed by atoms with Gasteiger partial charge in [-0.25, -0.2) is 9.59 Å². The topological polar surface area (TPSA) is 136 Å². The first-order valence-corrected chi connectivity index (χ1v) is 11.3. The lowest BCUT2D eigenvalue weighted by Gasteiger charge is -2.34. The molecule has 1 aromatic rings. The van der Waals surface area contributed by atoms with Crippen LogP contribution in [-0.2, 0) is 19.1 Å². The van der Waals surface area contributed by atoms with Crippen LogP contribution < -0.4 is 0 Å². The van der Waals surface area contributed by atoms with Crippen molar-refractivity contribution >= 4 is 35.2 Å². The molecule has 0 saturated heterocycles. The van der Waals surface area contributed by atoms with Crippen LogP contribution in [0.3, 0.4) is 0 Å². The minimum absolute atomic E-state index is 0.0141. The number of rotatable bonds is 7. The molecular weight excluding hydrogens is 464 g/mol. The first-order chi connectivity index (χ1) is 16.0. The Balaban J connectivity index is 2.29. The molecule has 2 heterocycles. The number of phenolic OH excluding ortho intramolecular Hbond substituents is 1. The lowest BCUT2D eigenvalue weighted by atomic mass is 9.89. The quantitative estimate of drug-likeness (QED) is 0.261. The maximum atomic E-state index is 13.6. The number of aromatic hydroxyl groups is 1. The van der Waals surface area contributed by atoms with Gasteiger partial charge in [0.05, 0.1) is 34.3 Å². The van der Waals surface area contributed by atoms with Crippen molar-refractivity contribution in [1.82, 2.24) is 4.90 Å². The van der Waals surface area contributed by atoms with Crippen molar-refractivity contribution in [2.75, 3.05) is 13.2 Å². The van der Waals surface area contributed by atoms with E-state index in [1.165, 1.54) is 24.8 Å². The highest BCUT2D eigenvalue weighted by atomic mass is 32.2. The zero-order valence-corrected chi connectivity index (χ0v) is 20.1. The van der Waals surface area contributed by atoms with Crippen LogP contribution in [0.5, 0.6) is 5.75 Å². The lowest BCUT2D eigenvalue weighted by Crippen LogP contribution is -2.45. The number of ether oxygens (including phenoxy) is 2. The van der Waals surface area contributed by atoms with Gasteiger partial charge in [0.1, 0.15) is 5.75 Å². The highest BCUT2D eigenvalue weighted by Crippen LogP contribution is 2.47. The number of nitrogens with zero attached hydrogens (tertiary/aromatic N) is 2. The number of aryl methyl sites for hydroxylation is 1. The van der Waals surface area contributed by atoms with Gasteiger partial charge in [0.2, 0.25) is 0 Å². The number of Topliss-reactive ketones (excluding diaryl/α,β-unsaturated/α-hetero) is 1. The monoisotopic (exact) mass is 488 g/mol. The second-order valence-electron chi connectivity index (χ2n) is 7.54. The summed E-state index contributed by atoms with van der Waals surface area (Å²) in [7, 11) is 0. The molecular formula is C23H24N2O8S. The lowest BCUT2D eigenvalue weighted by molar-refractivity contribution is -0.385. The van der Waals surface area contributed by atoms with Gasteiger partial charge < -0.3 is 19.5 Å². The molecule has 10 nitrogen and oxygen atoms in total. The van der Waals surface area contributed by atoms with Gasteiger partial charge in [0, 0.05) is 27.8 Å². The molecule has 1 N–H and O–H groups in total.